The zero-order valence-electron chi connectivity index (χ0n) is 16.4. The Bertz CT molecular complexity index is 1020. The van der Waals surface area contributed by atoms with Gasteiger partial charge in [0.1, 0.15) is 0 Å². The number of hydrogen-bond donors (Lipinski definition) is 2. The maximum Gasteiger partial charge on any atom is 0.257 e. The molecule has 28 heavy (non-hydrogen) atoms. The summed E-state index contributed by atoms with van der Waals surface area (Å²) >= 11 is 0. The second-order valence-corrected chi connectivity index (χ2v) is 6.95. The Morgan fingerprint density at radius 2 is 1.46 bits per heavy atom. The molecule has 3 rings (SSSR count). The predicted octanol–water partition coefficient (Wildman–Crippen LogP) is 5.05. The van der Waals surface area contributed by atoms with E-state index in [-0.39, 0.29) is 18.2 Å². The average molecular weight is 372 g/mol. The molecule has 0 spiro atoms. The first-order chi connectivity index (χ1) is 13.4. The summed E-state index contributed by atoms with van der Waals surface area (Å²) in [5, 5.41) is 5.78. The third-order valence-corrected chi connectivity index (χ3v) is 4.82. The Morgan fingerprint density at radius 3 is 2.21 bits per heavy atom. The highest BCUT2D eigenvalue weighted by atomic mass is 16.2. The van der Waals surface area contributed by atoms with E-state index in [1.54, 1.807) is 24.3 Å². The number of aryl methyl sites for hydroxylation is 3. The molecule has 2 N–H and O–H groups in total. The van der Waals surface area contributed by atoms with Gasteiger partial charge in [0.25, 0.3) is 5.91 Å². The minimum atomic E-state index is -0.255. The SMILES string of the molecule is Cc1ccc(NC(=O)c2ccccc2NC(=O)Cc2ccccc2C)cc1C. The Morgan fingerprint density at radius 1 is 0.750 bits per heavy atom. The lowest BCUT2D eigenvalue weighted by Crippen LogP contribution is -2.19. The molecule has 0 fully saturated rings. The highest BCUT2D eigenvalue weighted by Gasteiger charge is 2.14. The Kier molecular flexibility index (Phi) is 5.90. The number of carbonyl (C=O) groups excluding carboxylic acids is 2. The van der Waals surface area contributed by atoms with Gasteiger partial charge in [-0.05, 0) is 67.3 Å². The molecular formula is C24H24N2O2. The van der Waals surface area contributed by atoms with Gasteiger partial charge in [0.05, 0.1) is 17.7 Å². The van der Waals surface area contributed by atoms with E-state index < -0.39 is 0 Å². The molecule has 0 radical (unpaired) electrons. The van der Waals surface area contributed by atoms with Crippen LogP contribution in [0.3, 0.4) is 0 Å². The summed E-state index contributed by atoms with van der Waals surface area (Å²) in [5.74, 6) is -0.407. The van der Waals surface area contributed by atoms with Gasteiger partial charge in [0.2, 0.25) is 5.91 Å². The van der Waals surface area contributed by atoms with Gasteiger partial charge in [-0.15, -0.1) is 0 Å². The fraction of sp³-hybridized carbons (Fsp3) is 0.167. The minimum Gasteiger partial charge on any atom is -0.325 e. The van der Waals surface area contributed by atoms with Crippen molar-refractivity contribution in [2.75, 3.05) is 10.6 Å². The number of nitrogens with one attached hydrogen (secondary N) is 2. The lowest BCUT2D eigenvalue weighted by Gasteiger charge is -2.13. The molecule has 2 amide bonds. The summed E-state index contributed by atoms with van der Waals surface area (Å²) in [6, 6.07) is 20.6. The lowest BCUT2D eigenvalue weighted by atomic mass is 10.1. The van der Waals surface area contributed by atoms with E-state index in [1.165, 1.54) is 5.56 Å². The standard InChI is InChI=1S/C24H24N2O2/c1-16-12-13-20(14-18(16)3)25-24(28)21-10-6-7-11-22(21)26-23(27)15-19-9-5-4-8-17(19)2/h4-14H,15H2,1-3H3,(H,25,28)(H,26,27). The zero-order valence-corrected chi connectivity index (χ0v) is 16.4. The lowest BCUT2D eigenvalue weighted by molar-refractivity contribution is -0.115. The van der Waals surface area contributed by atoms with Crippen molar-refractivity contribution in [2.45, 2.75) is 27.2 Å². The number of anilines is 2. The number of amides is 2. The van der Waals surface area contributed by atoms with Gasteiger partial charge in [-0.2, -0.15) is 0 Å². The van der Waals surface area contributed by atoms with Crippen molar-refractivity contribution < 1.29 is 9.59 Å². The van der Waals surface area contributed by atoms with Crippen LogP contribution in [0.25, 0.3) is 0 Å². The summed E-state index contributed by atoms with van der Waals surface area (Å²) in [5.41, 5.74) is 5.98. The van der Waals surface area contributed by atoms with Crippen LogP contribution in [-0.4, -0.2) is 11.8 Å². The van der Waals surface area contributed by atoms with Gasteiger partial charge >= 0.3 is 0 Å². The third kappa shape index (κ3) is 4.65. The topological polar surface area (TPSA) is 58.2 Å². The van der Waals surface area contributed by atoms with Gasteiger partial charge in [-0.1, -0.05) is 42.5 Å². The Hall–Kier alpha value is -3.40. The van der Waals surface area contributed by atoms with E-state index in [2.05, 4.69) is 10.6 Å². The number of para-hydroxylation sites is 1. The van der Waals surface area contributed by atoms with Gasteiger partial charge in [-0.25, -0.2) is 0 Å². The third-order valence-electron chi connectivity index (χ3n) is 4.82. The van der Waals surface area contributed by atoms with Crippen molar-refractivity contribution >= 4 is 23.2 Å². The van der Waals surface area contributed by atoms with Crippen LogP contribution < -0.4 is 10.6 Å². The summed E-state index contributed by atoms with van der Waals surface area (Å²) in [6.45, 7) is 6.01. The number of rotatable bonds is 5. The molecule has 0 saturated heterocycles. The average Bonchev–Trinajstić information content (AvgIpc) is 2.67. The van der Waals surface area contributed by atoms with Gasteiger partial charge < -0.3 is 10.6 Å². The van der Waals surface area contributed by atoms with Crippen molar-refractivity contribution in [2.24, 2.45) is 0 Å². The van der Waals surface area contributed by atoms with Crippen molar-refractivity contribution in [3.8, 4) is 0 Å². The fourth-order valence-electron chi connectivity index (χ4n) is 2.98. The molecule has 3 aromatic carbocycles. The Balaban J connectivity index is 1.75. The number of benzene rings is 3. The molecule has 0 aromatic heterocycles. The molecule has 0 atom stereocenters. The van der Waals surface area contributed by atoms with Crippen LogP contribution >= 0.6 is 0 Å². The molecule has 0 aliphatic carbocycles. The van der Waals surface area contributed by atoms with E-state index in [4.69, 9.17) is 0 Å². The summed E-state index contributed by atoms with van der Waals surface area (Å²) in [4.78, 5) is 25.3. The van der Waals surface area contributed by atoms with Crippen molar-refractivity contribution in [1.82, 2.24) is 0 Å². The molecule has 4 heteroatoms. The molecule has 0 saturated carbocycles. The van der Waals surface area contributed by atoms with Crippen LogP contribution in [0.15, 0.2) is 66.7 Å². The molecule has 142 valence electrons. The van der Waals surface area contributed by atoms with Crippen molar-refractivity contribution in [1.29, 1.82) is 0 Å². The Labute approximate surface area is 165 Å². The summed E-state index contributed by atoms with van der Waals surface area (Å²) in [7, 11) is 0. The largest absolute Gasteiger partial charge is 0.325 e. The van der Waals surface area contributed by atoms with Crippen molar-refractivity contribution in [3.05, 3.63) is 94.5 Å². The highest BCUT2D eigenvalue weighted by Crippen LogP contribution is 2.20. The van der Waals surface area contributed by atoms with E-state index in [0.717, 1.165) is 22.4 Å². The summed E-state index contributed by atoms with van der Waals surface area (Å²) < 4.78 is 0. The molecule has 0 bridgehead atoms. The van der Waals surface area contributed by atoms with Crippen LogP contribution in [-0.2, 0) is 11.2 Å². The smallest absolute Gasteiger partial charge is 0.257 e. The van der Waals surface area contributed by atoms with E-state index in [9.17, 15) is 9.59 Å². The maximum atomic E-state index is 12.8. The van der Waals surface area contributed by atoms with Crippen LogP contribution in [0.4, 0.5) is 11.4 Å². The van der Waals surface area contributed by atoms with Crippen LogP contribution in [0.1, 0.15) is 32.6 Å². The van der Waals surface area contributed by atoms with Gasteiger partial charge in [0.15, 0.2) is 0 Å². The summed E-state index contributed by atoms with van der Waals surface area (Å²) in [6.07, 6.45) is 0.264. The van der Waals surface area contributed by atoms with E-state index in [1.807, 2.05) is 63.2 Å². The first kappa shape index (κ1) is 19.4. The van der Waals surface area contributed by atoms with Gasteiger partial charge in [0, 0.05) is 5.69 Å². The fourth-order valence-corrected chi connectivity index (χ4v) is 2.98. The van der Waals surface area contributed by atoms with Crippen LogP contribution in [0.2, 0.25) is 0 Å². The maximum absolute atomic E-state index is 12.8. The second kappa shape index (κ2) is 8.53. The molecule has 0 aliphatic heterocycles. The molecular weight excluding hydrogens is 348 g/mol. The molecule has 0 aliphatic rings. The number of carbonyl (C=O) groups is 2. The quantitative estimate of drug-likeness (QED) is 0.659. The van der Waals surface area contributed by atoms with Crippen molar-refractivity contribution in [3.63, 3.8) is 0 Å². The molecule has 3 aromatic rings. The predicted molar refractivity (Wildman–Crippen MR) is 114 cm³/mol. The first-order valence-corrected chi connectivity index (χ1v) is 9.26. The zero-order chi connectivity index (χ0) is 20.1. The van der Waals surface area contributed by atoms with E-state index >= 15 is 0 Å². The normalized spacial score (nSPS) is 10.4. The minimum absolute atomic E-state index is 0.152. The second-order valence-electron chi connectivity index (χ2n) is 6.95. The monoisotopic (exact) mass is 372 g/mol. The van der Waals surface area contributed by atoms with Crippen LogP contribution in [0.5, 0.6) is 0 Å². The highest BCUT2D eigenvalue weighted by molar-refractivity contribution is 6.10. The van der Waals surface area contributed by atoms with Crippen LogP contribution in [0, 0.1) is 20.8 Å². The van der Waals surface area contributed by atoms with E-state index in [0.29, 0.717) is 11.3 Å². The first-order valence-electron chi connectivity index (χ1n) is 9.26. The van der Waals surface area contributed by atoms with Gasteiger partial charge in [-0.3, -0.25) is 9.59 Å². The molecule has 0 heterocycles. The molecule has 4 nitrogen and oxygen atoms in total. The number of hydrogen-bond acceptors (Lipinski definition) is 2. The molecule has 0 unspecified atom stereocenters.